The maximum absolute atomic E-state index is 5.86. The highest BCUT2D eigenvalue weighted by Crippen LogP contribution is 2.25. The zero-order valence-corrected chi connectivity index (χ0v) is 11.2. The van der Waals surface area contributed by atoms with Crippen molar-refractivity contribution < 1.29 is 0 Å². The van der Waals surface area contributed by atoms with Crippen molar-refractivity contribution in [1.82, 2.24) is 9.38 Å². The number of thiazole rings is 1. The predicted octanol–water partition coefficient (Wildman–Crippen LogP) is 3.77. The maximum atomic E-state index is 5.86. The zero-order valence-electron chi connectivity index (χ0n) is 10.4. The van der Waals surface area contributed by atoms with E-state index < -0.39 is 0 Å². The molecule has 2 aromatic heterocycles. The fourth-order valence-electron chi connectivity index (χ4n) is 1.98. The molecule has 0 saturated carbocycles. The van der Waals surface area contributed by atoms with Gasteiger partial charge in [0.1, 0.15) is 5.82 Å². The van der Waals surface area contributed by atoms with Crippen LogP contribution in [0.2, 0.25) is 0 Å². The molecule has 0 aliphatic carbocycles. The summed E-state index contributed by atoms with van der Waals surface area (Å²) < 4.78 is 1.93. The van der Waals surface area contributed by atoms with Gasteiger partial charge < -0.3 is 5.73 Å². The third-order valence-corrected chi connectivity index (χ3v) is 3.97. The Morgan fingerprint density at radius 3 is 2.56 bits per heavy atom. The number of nitrogens with two attached hydrogens (primary N) is 1. The first-order valence-corrected chi connectivity index (χ1v) is 6.85. The van der Waals surface area contributed by atoms with Gasteiger partial charge in [-0.25, -0.2) is 4.98 Å². The minimum Gasteiger partial charge on any atom is -0.384 e. The average Bonchev–Trinajstić information content (AvgIpc) is 2.92. The molecule has 1 aromatic carbocycles. The molecule has 0 fully saturated rings. The van der Waals surface area contributed by atoms with E-state index in [0.717, 1.165) is 22.0 Å². The number of fused-ring (bicyclic) bond motifs is 1. The molecule has 18 heavy (non-hydrogen) atoms. The monoisotopic (exact) mass is 257 g/mol. The van der Waals surface area contributed by atoms with Crippen LogP contribution >= 0.6 is 11.3 Å². The Hall–Kier alpha value is -1.81. The number of nitrogen functional groups attached to an aromatic ring is 1. The van der Waals surface area contributed by atoms with Crippen LogP contribution in [0.4, 0.5) is 5.82 Å². The second-order valence-corrected chi connectivity index (χ2v) is 5.55. The lowest BCUT2D eigenvalue weighted by molar-refractivity contribution is 0.867. The topological polar surface area (TPSA) is 43.3 Å². The highest BCUT2D eigenvalue weighted by molar-refractivity contribution is 7.15. The van der Waals surface area contributed by atoms with Crippen molar-refractivity contribution in [3.63, 3.8) is 0 Å². The lowest BCUT2D eigenvalue weighted by Gasteiger charge is -2.05. The second-order valence-electron chi connectivity index (χ2n) is 4.72. The van der Waals surface area contributed by atoms with Crippen molar-refractivity contribution in [2.24, 2.45) is 0 Å². The standard InChI is InChI=1S/C14H15N3S/c1-9(2)10-3-5-11(6-4-10)12-7-17-13(15)8-18-14(17)16-12/h3-9H,15H2,1-2H3. The van der Waals surface area contributed by atoms with Crippen LogP contribution in [-0.4, -0.2) is 9.38 Å². The molecule has 3 rings (SSSR count). The number of hydrogen-bond acceptors (Lipinski definition) is 3. The Morgan fingerprint density at radius 1 is 1.22 bits per heavy atom. The van der Waals surface area contributed by atoms with Gasteiger partial charge >= 0.3 is 0 Å². The van der Waals surface area contributed by atoms with Gasteiger partial charge in [0.2, 0.25) is 0 Å². The molecule has 0 unspecified atom stereocenters. The minimum atomic E-state index is 0.556. The van der Waals surface area contributed by atoms with Crippen molar-refractivity contribution in [1.29, 1.82) is 0 Å². The van der Waals surface area contributed by atoms with Gasteiger partial charge in [0, 0.05) is 17.1 Å². The van der Waals surface area contributed by atoms with Crippen molar-refractivity contribution in [2.75, 3.05) is 5.73 Å². The van der Waals surface area contributed by atoms with Crippen LogP contribution in [0.1, 0.15) is 25.3 Å². The third-order valence-electron chi connectivity index (χ3n) is 3.11. The molecule has 0 bridgehead atoms. The summed E-state index contributed by atoms with van der Waals surface area (Å²) in [6, 6.07) is 8.57. The van der Waals surface area contributed by atoms with Gasteiger partial charge in [0.25, 0.3) is 0 Å². The Labute approximate surface area is 110 Å². The van der Waals surface area contributed by atoms with E-state index in [1.165, 1.54) is 5.56 Å². The van der Waals surface area contributed by atoms with Gasteiger partial charge in [-0.1, -0.05) is 38.1 Å². The van der Waals surface area contributed by atoms with E-state index in [-0.39, 0.29) is 0 Å². The van der Waals surface area contributed by atoms with Crippen LogP contribution in [0.3, 0.4) is 0 Å². The lowest BCUT2D eigenvalue weighted by atomic mass is 10.0. The second kappa shape index (κ2) is 4.14. The van der Waals surface area contributed by atoms with Crippen LogP contribution in [0.15, 0.2) is 35.8 Å². The van der Waals surface area contributed by atoms with Crippen molar-refractivity contribution in [2.45, 2.75) is 19.8 Å². The summed E-state index contributed by atoms with van der Waals surface area (Å²) in [5.41, 5.74) is 9.32. The molecule has 0 aliphatic heterocycles. The number of hydrogen-bond donors (Lipinski definition) is 1. The molecule has 0 amide bonds. The van der Waals surface area contributed by atoms with Crippen LogP contribution in [-0.2, 0) is 0 Å². The van der Waals surface area contributed by atoms with Crippen LogP contribution < -0.4 is 5.73 Å². The van der Waals surface area contributed by atoms with Gasteiger partial charge in [0.15, 0.2) is 4.96 Å². The van der Waals surface area contributed by atoms with Gasteiger partial charge in [-0.3, -0.25) is 4.40 Å². The van der Waals surface area contributed by atoms with Gasteiger partial charge in [0.05, 0.1) is 5.69 Å². The normalized spacial score (nSPS) is 11.5. The maximum Gasteiger partial charge on any atom is 0.195 e. The van der Waals surface area contributed by atoms with E-state index in [1.54, 1.807) is 11.3 Å². The molecule has 0 saturated heterocycles. The van der Waals surface area contributed by atoms with Crippen molar-refractivity contribution >= 4 is 22.1 Å². The summed E-state index contributed by atoms with van der Waals surface area (Å²) in [6.07, 6.45) is 1.99. The van der Waals surface area contributed by atoms with Crippen molar-refractivity contribution in [3.05, 3.63) is 41.4 Å². The molecule has 0 aliphatic rings. The van der Waals surface area contributed by atoms with Crippen LogP contribution in [0, 0.1) is 0 Å². The number of imidazole rings is 1. The number of rotatable bonds is 2. The molecule has 2 heterocycles. The molecule has 2 N–H and O–H groups in total. The van der Waals surface area contributed by atoms with Gasteiger partial charge in [-0.15, -0.1) is 11.3 Å². The summed E-state index contributed by atoms with van der Waals surface area (Å²) in [4.78, 5) is 5.52. The highest BCUT2D eigenvalue weighted by atomic mass is 32.1. The molecule has 92 valence electrons. The summed E-state index contributed by atoms with van der Waals surface area (Å²) in [6.45, 7) is 4.39. The van der Waals surface area contributed by atoms with E-state index in [2.05, 4.69) is 43.1 Å². The molecule has 3 aromatic rings. The van der Waals surface area contributed by atoms with Gasteiger partial charge in [-0.05, 0) is 11.5 Å². The first-order chi connectivity index (χ1) is 8.65. The summed E-state index contributed by atoms with van der Waals surface area (Å²) >= 11 is 1.56. The average molecular weight is 257 g/mol. The van der Waals surface area contributed by atoms with E-state index >= 15 is 0 Å². The smallest absolute Gasteiger partial charge is 0.195 e. The number of nitrogens with zero attached hydrogens (tertiary/aromatic N) is 2. The van der Waals surface area contributed by atoms with Crippen molar-refractivity contribution in [3.8, 4) is 11.3 Å². The van der Waals surface area contributed by atoms with E-state index in [0.29, 0.717) is 5.92 Å². The van der Waals surface area contributed by atoms with E-state index in [1.807, 2.05) is 16.0 Å². The molecule has 3 nitrogen and oxygen atoms in total. The van der Waals surface area contributed by atoms with Crippen LogP contribution in [0.5, 0.6) is 0 Å². The fraction of sp³-hybridized carbons (Fsp3) is 0.214. The van der Waals surface area contributed by atoms with E-state index in [9.17, 15) is 0 Å². The molecular formula is C14H15N3S. The fourth-order valence-corrected chi connectivity index (χ4v) is 2.74. The molecular weight excluding hydrogens is 242 g/mol. The molecule has 0 spiro atoms. The first kappa shape index (κ1) is 11.3. The first-order valence-electron chi connectivity index (χ1n) is 5.97. The third kappa shape index (κ3) is 1.78. The summed E-state index contributed by atoms with van der Waals surface area (Å²) in [5, 5.41) is 1.91. The zero-order chi connectivity index (χ0) is 12.7. The Morgan fingerprint density at radius 2 is 1.94 bits per heavy atom. The Balaban J connectivity index is 2.03. The minimum absolute atomic E-state index is 0.556. The number of aromatic nitrogens is 2. The predicted molar refractivity (Wildman–Crippen MR) is 77.0 cm³/mol. The highest BCUT2D eigenvalue weighted by Gasteiger charge is 2.08. The van der Waals surface area contributed by atoms with Gasteiger partial charge in [-0.2, -0.15) is 0 Å². The largest absolute Gasteiger partial charge is 0.384 e. The molecule has 4 heteroatoms. The van der Waals surface area contributed by atoms with E-state index in [4.69, 9.17) is 5.73 Å². The number of anilines is 1. The Kier molecular flexibility index (Phi) is 2.59. The molecule has 0 radical (unpaired) electrons. The molecule has 0 atom stereocenters. The summed E-state index contributed by atoms with van der Waals surface area (Å²) in [5.74, 6) is 1.30. The summed E-state index contributed by atoms with van der Waals surface area (Å²) in [7, 11) is 0. The lowest BCUT2D eigenvalue weighted by Crippen LogP contribution is -1.88. The quantitative estimate of drug-likeness (QED) is 0.759. The van der Waals surface area contributed by atoms with Crippen LogP contribution in [0.25, 0.3) is 16.2 Å². The number of benzene rings is 1. The SMILES string of the molecule is CC(C)c1ccc(-c2cn3c(N)csc3n2)cc1. The Bertz CT molecular complexity index is 677.